The average molecular weight is 654 g/mol. The van der Waals surface area contributed by atoms with E-state index in [2.05, 4.69) is 193 Å². The normalized spacial score (nSPS) is 11.6. The molecule has 0 aliphatic rings. The van der Waals surface area contributed by atoms with Gasteiger partial charge in [-0.05, 0) is 111 Å². The van der Waals surface area contributed by atoms with Crippen LogP contribution in [-0.4, -0.2) is 4.57 Å². The maximum Gasteiger partial charge on any atom is 0.0541 e. The van der Waals surface area contributed by atoms with Crippen LogP contribution >= 0.6 is 11.3 Å². The predicted octanol–water partition coefficient (Wildman–Crippen LogP) is 13.8. The first-order chi connectivity index (χ1) is 24.8. The molecule has 0 aliphatic heterocycles. The molecule has 2 aromatic heterocycles. The average Bonchev–Trinajstić information content (AvgIpc) is 3.73. The highest BCUT2D eigenvalue weighted by Gasteiger charge is 2.16. The second-order valence-corrected chi connectivity index (χ2v) is 14.1. The van der Waals surface area contributed by atoms with E-state index in [1.54, 1.807) is 0 Å². The highest BCUT2D eigenvalue weighted by Crippen LogP contribution is 2.40. The van der Waals surface area contributed by atoms with Crippen molar-refractivity contribution in [1.82, 2.24) is 4.57 Å². The number of hydrogen-bond acceptors (Lipinski definition) is 1. The van der Waals surface area contributed by atoms with Gasteiger partial charge in [0.05, 0.1) is 11.0 Å². The third-order valence-electron chi connectivity index (χ3n) is 9.99. The summed E-state index contributed by atoms with van der Waals surface area (Å²) < 4.78 is 5.07. The van der Waals surface area contributed by atoms with Gasteiger partial charge in [0.2, 0.25) is 0 Å². The summed E-state index contributed by atoms with van der Waals surface area (Å²) in [5, 5.41) is 5.16. The Balaban J connectivity index is 1.12. The summed E-state index contributed by atoms with van der Waals surface area (Å²) in [4.78, 5) is 0. The van der Waals surface area contributed by atoms with Gasteiger partial charge in [-0.15, -0.1) is 11.3 Å². The van der Waals surface area contributed by atoms with Crippen LogP contribution in [0.25, 0.3) is 92.2 Å². The van der Waals surface area contributed by atoms with Crippen molar-refractivity contribution in [3.8, 4) is 50.2 Å². The van der Waals surface area contributed by atoms with Crippen LogP contribution in [0, 0.1) is 0 Å². The van der Waals surface area contributed by atoms with Crippen molar-refractivity contribution in [2.24, 2.45) is 0 Å². The topological polar surface area (TPSA) is 4.93 Å². The third kappa shape index (κ3) is 4.84. The first-order valence-corrected chi connectivity index (χ1v) is 17.9. The molecule has 10 aromatic rings. The molecular weight excluding hydrogens is 623 g/mol. The molecule has 0 fully saturated rings. The molecular formula is C48H31NS. The minimum Gasteiger partial charge on any atom is -0.309 e. The van der Waals surface area contributed by atoms with E-state index in [0.29, 0.717) is 0 Å². The van der Waals surface area contributed by atoms with Crippen molar-refractivity contribution in [3.63, 3.8) is 0 Å². The number of nitrogens with zero attached hydrogens (tertiary/aromatic N) is 1. The van der Waals surface area contributed by atoms with Gasteiger partial charge in [-0.2, -0.15) is 0 Å². The number of benzene rings is 8. The van der Waals surface area contributed by atoms with Crippen molar-refractivity contribution >= 4 is 53.3 Å². The van der Waals surface area contributed by atoms with Crippen molar-refractivity contribution in [2.45, 2.75) is 0 Å². The fraction of sp³-hybridized carbons (Fsp3) is 0. The highest BCUT2D eigenvalue weighted by atomic mass is 32.1. The molecule has 0 atom stereocenters. The van der Waals surface area contributed by atoms with E-state index in [4.69, 9.17) is 0 Å². The fourth-order valence-electron chi connectivity index (χ4n) is 7.53. The Morgan fingerprint density at radius 2 is 0.720 bits per heavy atom. The van der Waals surface area contributed by atoms with Crippen molar-refractivity contribution in [2.75, 3.05) is 0 Å². The van der Waals surface area contributed by atoms with E-state index in [9.17, 15) is 0 Å². The van der Waals surface area contributed by atoms with Crippen LogP contribution in [0.3, 0.4) is 0 Å². The van der Waals surface area contributed by atoms with Crippen LogP contribution in [0.5, 0.6) is 0 Å². The van der Waals surface area contributed by atoms with E-state index in [1.165, 1.54) is 92.2 Å². The first kappa shape index (κ1) is 28.8. The van der Waals surface area contributed by atoms with E-state index in [0.717, 1.165) is 0 Å². The Bertz CT molecular complexity index is 2860. The standard InChI is InChI=1S/C48H31NS/c1-3-11-32(12-4-1)33-13-9-14-34(27-33)35-15-10-16-36(28-35)37-21-24-45-42(29-37)43-30-38(22-25-46(43)49(45)40-17-5-2-6-18-40)39-23-26-48-44(31-39)41-19-7-8-20-47(41)50-48/h1-31H. The van der Waals surface area contributed by atoms with Crippen molar-refractivity contribution in [3.05, 3.63) is 188 Å². The number of rotatable bonds is 5. The van der Waals surface area contributed by atoms with Crippen LogP contribution in [0.1, 0.15) is 0 Å². The lowest BCUT2D eigenvalue weighted by Gasteiger charge is -2.10. The Morgan fingerprint density at radius 1 is 0.280 bits per heavy atom. The van der Waals surface area contributed by atoms with Crippen LogP contribution in [0.2, 0.25) is 0 Å². The molecule has 0 bridgehead atoms. The summed E-state index contributed by atoms with van der Waals surface area (Å²) in [5.74, 6) is 0. The van der Waals surface area contributed by atoms with Gasteiger partial charge < -0.3 is 4.57 Å². The van der Waals surface area contributed by atoms with Gasteiger partial charge in [-0.3, -0.25) is 0 Å². The van der Waals surface area contributed by atoms with Gasteiger partial charge in [-0.25, -0.2) is 0 Å². The predicted molar refractivity (Wildman–Crippen MR) is 215 cm³/mol. The van der Waals surface area contributed by atoms with Gasteiger partial charge in [0.25, 0.3) is 0 Å². The Kier molecular flexibility index (Phi) is 6.75. The van der Waals surface area contributed by atoms with Crippen LogP contribution in [-0.2, 0) is 0 Å². The smallest absolute Gasteiger partial charge is 0.0541 e. The zero-order valence-electron chi connectivity index (χ0n) is 27.3. The third-order valence-corrected chi connectivity index (χ3v) is 11.1. The van der Waals surface area contributed by atoms with Crippen LogP contribution < -0.4 is 0 Å². The van der Waals surface area contributed by atoms with Crippen molar-refractivity contribution in [1.29, 1.82) is 0 Å². The molecule has 0 saturated heterocycles. The number of para-hydroxylation sites is 1. The fourth-order valence-corrected chi connectivity index (χ4v) is 8.62. The second kappa shape index (κ2) is 11.7. The van der Waals surface area contributed by atoms with Gasteiger partial charge in [0.1, 0.15) is 0 Å². The highest BCUT2D eigenvalue weighted by molar-refractivity contribution is 7.25. The van der Waals surface area contributed by atoms with Crippen LogP contribution in [0.4, 0.5) is 0 Å². The lowest BCUT2D eigenvalue weighted by atomic mass is 9.95. The molecule has 234 valence electrons. The Hall–Kier alpha value is -6.22. The largest absolute Gasteiger partial charge is 0.309 e. The molecule has 0 spiro atoms. The van der Waals surface area contributed by atoms with Gasteiger partial charge in [0, 0.05) is 36.6 Å². The maximum absolute atomic E-state index is 2.40. The minimum absolute atomic E-state index is 1.17. The molecule has 2 heterocycles. The summed E-state index contributed by atoms with van der Waals surface area (Å²) in [6, 6.07) is 68.7. The summed E-state index contributed by atoms with van der Waals surface area (Å²) >= 11 is 1.87. The maximum atomic E-state index is 2.40. The molecule has 10 rings (SSSR count). The summed E-state index contributed by atoms with van der Waals surface area (Å²) in [6.07, 6.45) is 0. The molecule has 0 amide bonds. The SMILES string of the molecule is c1ccc(-c2cccc(-c3cccc(-c4ccc5c(c4)c4cc(-c6ccc7sc8ccccc8c7c6)ccc4n5-c4ccccc4)c3)c2)cc1. The van der Waals surface area contributed by atoms with E-state index in [1.807, 2.05) is 11.3 Å². The number of fused-ring (bicyclic) bond motifs is 6. The molecule has 0 N–H and O–H groups in total. The number of aromatic nitrogens is 1. The zero-order chi connectivity index (χ0) is 33.0. The van der Waals surface area contributed by atoms with E-state index >= 15 is 0 Å². The summed E-state index contributed by atoms with van der Waals surface area (Å²) in [7, 11) is 0. The lowest BCUT2D eigenvalue weighted by molar-refractivity contribution is 1.18. The van der Waals surface area contributed by atoms with Gasteiger partial charge in [-0.1, -0.05) is 121 Å². The molecule has 0 radical (unpaired) electrons. The first-order valence-electron chi connectivity index (χ1n) is 17.1. The number of thiophene rings is 1. The number of hydrogen-bond donors (Lipinski definition) is 0. The molecule has 0 unspecified atom stereocenters. The summed E-state index contributed by atoms with van der Waals surface area (Å²) in [5.41, 5.74) is 13.4. The van der Waals surface area contributed by atoms with E-state index < -0.39 is 0 Å². The molecule has 0 aliphatic carbocycles. The van der Waals surface area contributed by atoms with Gasteiger partial charge >= 0.3 is 0 Å². The molecule has 8 aromatic carbocycles. The molecule has 2 heteroatoms. The Morgan fingerprint density at radius 3 is 1.34 bits per heavy atom. The lowest BCUT2D eigenvalue weighted by Crippen LogP contribution is -1.93. The molecule has 0 saturated carbocycles. The second-order valence-electron chi connectivity index (χ2n) is 13.0. The van der Waals surface area contributed by atoms with Crippen molar-refractivity contribution < 1.29 is 0 Å². The molecule has 1 nitrogen and oxygen atoms in total. The minimum atomic E-state index is 1.17. The van der Waals surface area contributed by atoms with Crippen LogP contribution in [0.15, 0.2) is 188 Å². The zero-order valence-corrected chi connectivity index (χ0v) is 28.1. The van der Waals surface area contributed by atoms with Gasteiger partial charge in [0.15, 0.2) is 0 Å². The Labute approximate surface area is 295 Å². The summed E-state index contributed by atoms with van der Waals surface area (Å²) in [6.45, 7) is 0. The quantitative estimate of drug-likeness (QED) is 0.174. The monoisotopic (exact) mass is 653 g/mol. The van der Waals surface area contributed by atoms with E-state index in [-0.39, 0.29) is 0 Å². The molecule has 50 heavy (non-hydrogen) atoms.